The van der Waals surface area contributed by atoms with Crippen LogP contribution >= 0.6 is 11.8 Å². The fraction of sp³-hybridized carbons (Fsp3) is 0.111. The zero-order valence-electron chi connectivity index (χ0n) is 12.4. The lowest BCUT2D eigenvalue weighted by atomic mass is 10.0. The highest BCUT2D eigenvalue weighted by Crippen LogP contribution is 2.39. The summed E-state index contributed by atoms with van der Waals surface area (Å²) < 4.78 is 19.1. The molecule has 0 saturated carbocycles. The number of aromatic nitrogens is 2. The van der Waals surface area contributed by atoms with Gasteiger partial charge < -0.3 is 4.74 Å². The number of nitrogens with zero attached hydrogens (tertiary/aromatic N) is 2. The van der Waals surface area contributed by atoms with Gasteiger partial charge >= 0.3 is 0 Å². The second kappa shape index (κ2) is 5.66. The number of hydrogen-bond donors (Lipinski definition) is 0. The zero-order valence-corrected chi connectivity index (χ0v) is 13.2. The Morgan fingerprint density at radius 2 is 1.83 bits per heavy atom. The van der Waals surface area contributed by atoms with Crippen LogP contribution < -0.4 is 4.74 Å². The largest absolute Gasteiger partial charge is 0.438 e. The summed E-state index contributed by atoms with van der Waals surface area (Å²) in [6.45, 7) is 0. The third-order valence-corrected chi connectivity index (χ3v) is 4.50. The van der Waals surface area contributed by atoms with E-state index >= 15 is 0 Å². The highest BCUT2D eigenvalue weighted by molar-refractivity contribution is 7.98. The molecular formula is C18H13FN2OS. The third kappa shape index (κ3) is 2.57. The highest BCUT2D eigenvalue weighted by atomic mass is 32.2. The van der Waals surface area contributed by atoms with Crippen molar-refractivity contribution in [1.29, 1.82) is 0 Å². The van der Waals surface area contributed by atoms with E-state index in [4.69, 9.17) is 4.74 Å². The number of halogens is 1. The molecule has 0 fully saturated rings. The van der Waals surface area contributed by atoms with Crippen LogP contribution in [-0.2, 0) is 6.42 Å². The average Bonchev–Trinajstić information content (AvgIpc) is 2.59. The molecule has 0 bridgehead atoms. The molecule has 0 radical (unpaired) electrons. The van der Waals surface area contributed by atoms with Gasteiger partial charge in [-0.05, 0) is 42.2 Å². The van der Waals surface area contributed by atoms with Crippen molar-refractivity contribution >= 4 is 11.8 Å². The van der Waals surface area contributed by atoms with Gasteiger partial charge in [0.2, 0.25) is 5.88 Å². The van der Waals surface area contributed by atoms with Crippen LogP contribution in [0.3, 0.4) is 0 Å². The molecule has 0 aliphatic carbocycles. The van der Waals surface area contributed by atoms with Crippen LogP contribution in [0.4, 0.5) is 4.39 Å². The Balaban J connectivity index is 1.83. The van der Waals surface area contributed by atoms with Crippen molar-refractivity contribution in [3.8, 4) is 23.0 Å². The molecule has 0 N–H and O–H groups in total. The molecule has 4 rings (SSSR count). The van der Waals surface area contributed by atoms with Gasteiger partial charge in [-0.25, -0.2) is 9.37 Å². The van der Waals surface area contributed by atoms with E-state index in [1.54, 1.807) is 23.9 Å². The first-order valence-corrected chi connectivity index (χ1v) is 8.43. The Bertz CT molecular complexity index is 881. The van der Waals surface area contributed by atoms with Gasteiger partial charge in [0.15, 0.2) is 5.82 Å². The van der Waals surface area contributed by atoms with Crippen LogP contribution in [0.2, 0.25) is 0 Å². The van der Waals surface area contributed by atoms with Crippen LogP contribution in [-0.4, -0.2) is 16.2 Å². The second-order valence-electron chi connectivity index (χ2n) is 5.23. The summed E-state index contributed by atoms with van der Waals surface area (Å²) in [7, 11) is 0. The lowest BCUT2D eigenvalue weighted by Gasteiger charge is -2.21. The summed E-state index contributed by atoms with van der Waals surface area (Å²) in [4.78, 5) is 9.18. The van der Waals surface area contributed by atoms with E-state index in [9.17, 15) is 4.39 Å². The van der Waals surface area contributed by atoms with Crippen molar-refractivity contribution in [2.75, 3.05) is 6.26 Å². The van der Waals surface area contributed by atoms with Gasteiger partial charge in [-0.1, -0.05) is 18.2 Å². The maximum atomic E-state index is 13.1. The molecule has 3 nitrogen and oxygen atoms in total. The molecule has 0 amide bonds. The van der Waals surface area contributed by atoms with Crippen molar-refractivity contribution in [3.05, 3.63) is 65.5 Å². The van der Waals surface area contributed by atoms with Crippen LogP contribution in [0.25, 0.3) is 11.4 Å². The smallest absolute Gasteiger partial charge is 0.227 e. The number of rotatable bonds is 2. The minimum Gasteiger partial charge on any atom is -0.438 e. The number of para-hydroxylation sites is 1. The summed E-state index contributed by atoms with van der Waals surface area (Å²) in [5, 5.41) is 0.892. The monoisotopic (exact) mass is 324 g/mol. The van der Waals surface area contributed by atoms with E-state index in [0.717, 1.165) is 33.9 Å². The van der Waals surface area contributed by atoms with E-state index in [2.05, 4.69) is 16.0 Å². The molecule has 1 aromatic heterocycles. The van der Waals surface area contributed by atoms with E-state index in [-0.39, 0.29) is 5.82 Å². The molecule has 1 aliphatic rings. The quantitative estimate of drug-likeness (QED) is 0.395. The van der Waals surface area contributed by atoms with Crippen molar-refractivity contribution in [2.45, 2.75) is 11.4 Å². The Labute approximate surface area is 137 Å². The van der Waals surface area contributed by atoms with Crippen LogP contribution in [0, 0.1) is 5.82 Å². The van der Waals surface area contributed by atoms with Crippen molar-refractivity contribution in [2.24, 2.45) is 0 Å². The van der Waals surface area contributed by atoms with Gasteiger partial charge in [0.1, 0.15) is 16.6 Å². The van der Waals surface area contributed by atoms with Gasteiger partial charge in [-0.3, -0.25) is 0 Å². The lowest BCUT2D eigenvalue weighted by molar-refractivity contribution is 0.435. The Morgan fingerprint density at radius 3 is 2.61 bits per heavy atom. The predicted molar refractivity (Wildman–Crippen MR) is 88.5 cm³/mol. The fourth-order valence-corrected chi connectivity index (χ4v) is 3.20. The van der Waals surface area contributed by atoms with Crippen molar-refractivity contribution in [3.63, 3.8) is 0 Å². The molecule has 114 valence electrons. The van der Waals surface area contributed by atoms with Gasteiger partial charge in [0, 0.05) is 12.0 Å². The molecule has 0 spiro atoms. The summed E-state index contributed by atoms with van der Waals surface area (Å²) >= 11 is 1.56. The molecule has 0 saturated heterocycles. The predicted octanol–water partition coefficient (Wildman–Crippen LogP) is 4.70. The Hall–Kier alpha value is -2.40. The second-order valence-corrected chi connectivity index (χ2v) is 6.03. The van der Waals surface area contributed by atoms with Gasteiger partial charge in [0.05, 0.1) is 5.56 Å². The first kappa shape index (κ1) is 14.2. The Kier molecular flexibility index (Phi) is 3.50. The highest BCUT2D eigenvalue weighted by Gasteiger charge is 2.23. The zero-order chi connectivity index (χ0) is 15.8. The van der Waals surface area contributed by atoms with E-state index in [0.29, 0.717) is 11.7 Å². The first-order valence-electron chi connectivity index (χ1n) is 7.21. The lowest BCUT2D eigenvalue weighted by Crippen LogP contribution is -2.08. The van der Waals surface area contributed by atoms with Crippen LogP contribution in [0.15, 0.2) is 53.6 Å². The molecular weight excluding hydrogens is 311 g/mol. The maximum Gasteiger partial charge on any atom is 0.227 e. The Morgan fingerprint density at radius 1 is 1.04 bits per heavy atom. The van der Waals surface area contributed by atoms with Crippen molar-refractivity contribution in [1.82, 2.24) is 9.97 Å². The molecule has 23 heavy (non-hydrogen) atoms. The van der Waals surface area contributed by atoms with Crippen LogP contribution in [0.1, 0.15) is 11.1 Å². The maximum absolute atomic E-state index is 13.1. The standard InChI is InChI=1S/C18H13FN2OS/c1-23-18-14-10-12-4-2-3-5-15(12)22-17(14)20-16(21-18)11-6-8-13(19)9-7-11/h2-9H,10H2,1H3. The van der Waals surface area contributed by atoms with E-state index in [1.165, 1.54) is 12.1 Å². The molecule has 1 aliphatic heterocycles. The molecule has 2 heterocycles. The summed E-state index contributed by atoms with van der Waals surface area (Å²) in [6, 6.07) is 14.1. The van der Waals surface area contributed by atoms with Gasteiger partial charge in [-0.2, -0.15) is 4.98 Å². The number of thioether (sulfide) groups is 1. The molecule has 5 heteroatoms. The molecule has 0 atom stereocenters. The SMILES string of the molecule is CSc1nc(-c2ccc(F)cc2)nc2c1Cc1ccccc1O2. The topological polar surface area (TPSA) is 35.0 Å². The van der Waals surface area contributed by atoms with Crippen LogP contribution in [0.5, 0.6) is 11.6 Å². The van der Waals surface area contributed by atoms with Gasteiger partial charge in [0.25, 0.3) is 0 Å². The summed E-state index contributed by atoms with van der Waals surface area (Å²) in [6.07, 6.45) is 2.74. The molecule has 3 aromatic rings. The number of ether oxygens (including phenoxy) is 1. The minimum atomic E-state index is -0.276. The third-order valence-electron chi connectivity index (χ3n) is 3.77. The molecule has 0 unspecified atom stereocenters. The normalized spacial score (nSPS) is 12.3. The number of fused-ring (bicyclic) bond motifs is 2. The minimum absolute atomic E-state index is 0.276. The summed E-state index contributed by atoms with van der Waals surface area (Å²) in [5.41, 5.74) is 2.91. The number of hydrogen-bond acceptors (Lipinski definition) is 4. The first-order chi connectivity index (χ1) is 11.2. The number of benzene rings is 2. The van der Waals surface area contributed by atoms with E-state index < -0.39 is 0 Å². The van der Waals surface area contributed by atoms with E-state index in [1.807, 2.05) is 24.5 Å². The van der Waals surface area contributed by atoms with Crippen molar-refractivity contribution < 1.29 is 9.13 Å². The summed E-state index contributed by atoms with van der Waals surface area (Å²) in [5.74, 6) is 1.69. The van der Waals surface area contributed by atoms with Gasteiger partial charge in [-0.15, -0.1) is 11.8 Å². The fourth-order valence-electron chi connectivity index (χ4n) is 2.62. The molecule has 2 aromatic carbocycles. The average molecular weight is 324 g/mol.